The van der Waals surface area contributed by atoms with E-state index in [1.165, 1.54) is 11.1 Å². The number of hydrogen-bond acceptors (Lipinski definition) is 5. The summed E-state index contributed by atoms with van der Waals surface area (Å²) in [6.07, 6.45) is 1.52. The van der Waals surface area contributed by atoms with Gasteiger partial charge in [0.1, 0.15) is 0 Å². The van der Waals surface area contributed by atoms with E-state index in [9.17, 15) is 9.59 Å². The molecule has 0 bridgehead atoms. The number of morpholine rings is 1. The number of amides is 2. The molecule has 7 nitrogen and oxygen atoms in total. The van der Waals surface area contributed by atoms with E-state index in [0.29, 0.717) is 11.3 Å². The van der Waals surface area contributed by atoms with Crippen molar-refractivity contribution in [2.45, 2.75) is 6.92 Å². The van der Waals surface area contributed by atoms with Gasteiger partial charge in [-0.25, -0.2) is 0 Å². The third-order valence-corrected chi connectivity index (χ3v) is 4.41. The van der Waals surface area contributed by atoms with Crippen molar-refractivity contribution in [3.05, 3.63) is 53.9 Å². The van der Waals surface area contributed by atoms with Gasteiger partial charge in [-0.05, 0) is 43.3 Å². The van der Waals surface area contributed by atoms with Crippen LogP contribution in [0.2, 0.25) is 0 Å². The Bertz CT molecular complexity index is 784. The third-order valence-electron chi connectivity index (χ3n) is 4.41. The molecule has 142 valence electrons. The molecule has 1 aromatic carbocycles. The number of ether oxygens (including phenoxy) is 1. The van der Waals surface area contributed by atoms with Gasteiger partial charge in [0.2, 0.25) is 5.91 Å². The Morgan fingerprint density at radius 3 is 2.48 bits per heavy atom. The van der Waals surface area contributed by atoms with Gasteiger partial charge in [0.15, 0.2) is 0 Å². The van der Waals surface area contributed by atoms with Crippen LogP contribution < -0.4 is 10.2 Å². The van der Waals surface area contributed by atoms with Gasteiger partial charge in [-0.2, -0.15) is 0 Å². The summed E-state index contributed by atoms with van der Waals surface area (Å²) in [5.74, 6) is -0.481. The summed E-state index contributed by atoms with van der Waals surface area (Å²) in [6.45, 7) is 5.03. The molecule has 0 atom stereocenters. The lowest BCUT2D eigenvalue weighted by atomic mass is 10.2. The molecule has 7 heteroatoms. The Balaban J connectivity index is 1.53. The fourth-order valence-corrected chi connectivity index (χ4v) is 2.88. The minimum atomic E-state index is -0.245. The highest BCUT2D eigenvalue weighted by Crippen LogP contribution is 2.19. The van der Waals surface area contributed by atoms with Crippen molar-refractivity contribution in [2.24, 2.45) is 0 Å². The molecule has 2 heterocycles. The number of hydrogen-bond donors (Lipinski definition) is 1. The molecule has 1 saturated heterocycles. The predicted molar refractivity (Wildman–Crippen MR) is 104 cm³/mol. The molecular weight excluding hydrogens is 344 g/mol. The maximum absolute atomic E-state index is 12.4. The lowest BCUT2D eigenvalue weighted by Crippen LogP contribution is -2.36. The molecule has 0 unspecified atom stereocenters. The first kappa shape index (κ1) is 18.8. The summed E-state index contributed by atoms with van der Waals surface area (Å²) >= 11 is 0. The van der Waals surface area contributed by atoms with E-state index >= 15 is 0 Å². The average Bonchev–Trinajstić information content (AvgIpc) is 2.69. The summed E-state index contributed by atoms with van der Waals surface area (Å²) in [4.78, 5) is 32.3. The second-order valence-electron chi connectivity index (χ2n) is 6.54. The second-order valence-corrected chi connectivity index (χ2v) is 6.54. The summed E-state index contributed by atoms with van der Waals surface area (Å²) in [5, 5.41) is 2.83. The number of aryl methyl sites for hydroxylation is 1. The summed E-state index contributed by atoms with van der Waals surface area (Å²) < 4.78 is 5.36. The van der Waals surface area contributed by atoms with Crippen molar-refractivity contribution in [2.75, 3.05) is 50.1 Å². The standard InChI is InChI=1S/C20H24N4O3/c1-15-3-4-16(13-21-15)20(26)23(2)14-19(25)22-17-5-7-18(8-6-17)24-9-11-27-12-10-24/h3-8,13H,9-12,14H2,1-2H3,(H,22,25). The largest absolute Gasteiger partial charge is 0.378 e. The monoisotopic (exact) mass is 368 g/mol. The molecule has 3 rings (SSSR count). The van der Waals surface area contributed by atoms with E-state index in [1.807, 2.05) is 31.2 Å². The zero-order valence-corrected chi connectivity index (χ0v) is 15.6. The first-order chi connectivity index (χ1) is 13.0. The number of pyridine rings is 1. The normalized spacial score (nSPS) is 13.9. The Kier molecular flexibility index (Phi) is 6.03. The highest BCUT2D eigenvalue weighted by Gasteiger charge is 2.16. The van der Waals surface area contributed by atoms with Crippen LogP contribution in [0.25, 0.3) is 0 Å². The maximum atomic E-state index is 12.4. The van der Waals surface area contributed by atoms with E-state index in [2.05, 4.69) is 15.2 Å². The zero-order chi connectivity index (χ0) is 19.2. The van der Waals surface area contributed by atoms with Crippen molar-refractivity contribution < 1.29 is 14.3 Å². The topological polar surface area (TPSA) is 74.8 Å². The minimum absolute atomic E-state index is 0.0298. The van der Waals surface area contributed by atoms with E-state index in [1.54, 1.807) is 19.2 Å². The molecule has 2 aromatic rings. The van der Waals surface area contributed by atoms with E-state index in [0.717, 1.165) is 37.7 Å². The van der Waals surface area contributed by atoms with Crippen LogP contribution in [-0.4, -0.2) is 61.6 Å². The van der Waals surface area contributed by atoms with Gasteiger partial charge in [-0.15, -0.1) is 0 Å². The number of nitrogens with one attached hydrogen (secondary N) is 1. The number of anilines is 2. The van der Waals surface area contributed by atoms with Crippen molar-refractivity contribution in [1.29, 1.82) is 0 Å². The SMILES string of the molecule is Cc1ccc(C(=O)N(C)CC(=O)Nc2ccc(N3CCOCC3)cc2)cn1. The molecule has 0 saturated carbocycles. The van der Waals surface area contributed by atoms with Gasteiger partial charge in [-0.3, -0.25) is 14.6 Å². The summed E-state index contributed by atoms with van der Waals surface area (Å²) in [7, 11) is 1.60. The van der Waals surface area contributed by atoms with Crippen LogP contribution in [0, 0.1) is 6.92 Å². The van der Waals surface area contributed by atoms with E-state index in [4.69, 9.17) is 4.74 Å². The van der Waals surface area contributed by atoms with Crippen LogP contribution in [0.15, 0.2) is 42.6 Å². The molecule has 2 amide bonds. The molecule has 1 aliphatic heterocycles. The van der Waals surface area contributed by atoms with E-state index in [-0.39, 0.29) is 18.4 Å². The number of carbonyl (C=O) groups excluding carboxylic acids is 2. The third kappa shape index (κ3) is 5.04. The highest BCUT2D eigenvalue weighted by molar-refractivity contribution is 5.99. The van der Waals surface area contributed by atoms with Crippen molar-refractivity contribution in [3.8, 4) is 0 Å². The quantitative estimate of drug-likeness (QED) is 0.873. The summed E-state index contributed by atoms with van der Waals surface area (Å²) in [6, 6.07) is 11.2. The van der Waals surface area contributed by atoms with Gasteiger partial charge in [0.05, 0.1) is 25.3 Å². The Labute approximate surface area is 158 Å². The van der Waals surface area contributed by atoms with Crippen LogP contribution in [-0.2, 0) is 9.53 Å². The second kappa shape index (κ2) is 8.64. The molecular formula is C20H24N4O3. The van der Waals surface area contributed by atoms with Gasteiger partial charge in [-0.1, -0.05) is 0 Å². The molecule has 27 heavy (non-hydrogen) atoms. The average molecular weight is 368 g/mol. The van der Waals surface area contributed by atoms with Crippen LogP contribution >= 0.6 is 0 Å². The number of carbonyl (C=O) groups is 2. The van der Waals surface area contributed by atoms with Crippen molar-refractivity contribution in [3.63, 3.8) is 0 Å². The van der Waals surface area contributed by atoms with Crippen molar-refractivity contribution >= 4 is 23.2 Å². The number of benzene rings is 1. The first-order valence-corrected chi connectivity index (χ1v) is 8.93. The highest BCUT2D eigenvalue weighted by atomic mass is 16.5. The van der Waals surface area contributed by atoms with Crippen molar-refractivity contribution in [1.82, 2.24) is 9.88 Å². The predicted octanol–water partition coefficient (Wildman–Crippen LogP) is 1.94. The van der Waals surface area contributed by atoms with Gasteiger partial charge < -0.3 is 19.9 Å². The first-order valence-electron chi connectivity index (χ1n) is 8.93. The zero-order valence-electron chi connectivity index (χ0n) is 15.6. The number of aromatic nitrogens is 1. The molecule has 1 N–H and O–H groups in total. The fourth-order valence-electron chi connectivity index (χ4n) is 2.88. The molecule has 1 fully saturated rings. The van der Waals surface area contributed by atoms with Crippen LogP contribution in [0.5, 0.6) is 0 Å². The summed E-state index contributed by atoms with van der Waals surface area (Å²) in [5.41, 5.74) is 3.11. The van der Waals surface area contributed by atoms with Crippen LogP contribution in [0.3, 0.4) is 0 Å². The Hall–Kier alpha value is -2.93. The minimum Gasteiger partial charge on any atom is -0.378 e. The number of rotatable bonds is 5. The van der Waals surface area contributed by atoms with E-state index < -0.39 is 0 Å². The number of nitrogens with zero attached hydrogens (tertiary/aromatic N) is 3. The lowest BCUT2D eigenvalue weighted by molar-refractivity contribution is -0.116. The molecule has 0 radical (unpaired) electrons. The smallest absolute Gasteiger partial charge is 0.255 e. The van der Waals surface area contributed by atoms with Gasteiger partial charge >= 0.3 is 0 Å². The van der Waals surface area contributed by atoms with Gasteiger partial charge in [0, 0.05) is 43.4 Å². The van der Waals surface area contributed by atoms with Gasteiger partial charge in [0.25, 0.3) is 5.91 Å². The van der Waals surface area contributed by atoms with Crippen LogP contribution in [0.1, 0.15) is 16.1 Å². The molecule has 0 spiro atoms. The number of likely N-dealkylation sites (N-methyl/N-ethyl adjacent to an activating group) is 1. The lowest BCUT2D eigenvalue weighted by Gasteiger charge is -2.28. The fraction of sp³-hybridized carbons (Fsp3) is 0.350. The molecule has 1 aromatic heterocycles. The maximum Gasteiger partial charge on any atom is 0.255 e. The van der Waals surface area contributed by atoms with Crippen LogP contribution in [0.4, 0.5) is 11.4 Å². The Morgan fingerprint density at radius 2 is 1.85 bits per heavy atom. The molecule has 1 aliphatic rings. The Morgan fingerprint density at radius 1 is 1.15 bits per heavy atom. The molecule has 0 aliphatic carbocycles.